The lowest BCUT2D eigenvalue weighted by Crippen LogP contribution is -2.47. The second-order valence-electron chi connectivity index (χ2n) is 6.31. The highest BCUT2D eigenvalue weighted by Crippen LogP contribution is 2.17. The van der Waals surface area contributed by atoms with Crippen LogP contribution in [0.1, 0.15) is 26.2 Å². The summed E-state index contributed by atoms with van der Waals surface area (Å²) in [6.07, 6.45) is 2.11. The smallest absolute Gasteiger partial charge is 0.317 e. The number of likely N-dealkylation sites (tertiary alicyclic amines) is 1. The molecule has 2 N–H and O–H groups in total. The van der Waals surface area contributed by atoms with Gasteiger partial charge in [0.15, 0.2) is 0 Å². The van der Waals surface area contributed by atoms with E-state index in [0.29, 0.717) is 13.0 Å². The maximum Gasteiger partial charge on any atom is 0.317 e. The van der Waals surface area contributed by atoms with E-state index in [1.54, 1.807) is 18.2 Å². The van der Waals surface area contributed by atoms with Gasteiger partial charge in [-0.3, -0.25) is 14.5 Å². The Hall–Kier alpha value is -1.99. The summed E-state index contributed by atoms with van der Waals surface area (Å²) in [7, 11) is 0. The van der Waals surface area contributed by atoms with Crippen LogP contribution >= 0.6 is 0 Å². The van der Waals surface area contributed by atoms with Gasteiger partial charge in [-0.1, -0.05) is 19.1 Å². The zero-order valence-corrected chi connectivity index (χ0v) is 14.6. The van der Waals surface area contributed by atoms with Gasteiger partial charge in [0.25, 0.3) is 0 Å². The lowest BCUT2D eigenvalue weighted by molar-refractivity contribution is -0.139. The third kappa shape index (κ3) is 6.10. The highest BCUT2D eigenvalue weighted by molar-refractivity contribution is 5.90. The van der Waals surface area contributed by atoms with Gasteiger partial charge in [0.05, 0.1) is 12.2 Å². The molecular formula is C18H26FN3O3. The van der Waals surface area contributed by atoms with Crippen LogP contribution in [-0.2, 0) is 9.59 Å². The monoisotopic (exact) mass is 351 g/mol. The summed E-state index contributed by atoms with van der Waals surface area (Å²) >= 11 is 0. The number of nitrogens with one attached hydrogen (secondary N) is 1. The highest BCUT2D eigenvalue weighted by atomic mass is 19.1. The van der Waals surface area contributed by atoms with Gasteiger partial charge in [0, 0.05) is 19.0 Å². The molecule has 0 saturated carbocycles. The first-order chi connectivity index (χ1) is 12.0. The lowest BCUT2D eigenvalue weighted by atomic mass is 10.0. The minimum absolute atomic E-state index is 0.0756. The number of carbonyl (C=O) groups is 2. The van der Waals surface area contributed by atoms with E-state index in [0.717, 1.165) is 32.5 Å². The van der Waals surface area contributed by atoms with Gasteiger partial charge in [-0.25, -0.2) is 4.39 Å². The Morgan fingerprint density at radius 3 is 2.60 bits per heavy atom. The number of benzene rings is 1. The molecule has 25 heavy (non-hydrogen) atoms. The molecule has 0 unspecified atom stereocenters. The number of rotatable bonds is 8. The van der Waals surface area contributed by atoms with E-state index in [4.69, 9.17) is 5.11 Å². The number of nitrogens with zero attached hydrogens (tertiary/aromatic N) is 2. The van der Waals surface area contributed by atoms with Crippen LogP contribution in [0.5, 0.6) is 0 Å². The van der Waals surface area contributed by atoms with Crippen LogP contribution in [0.15, 0.2) is 24.3 Å². The first-order valence-corrected chi connectivity index (χ1v) is 8.72. The summed E-state index contributed by atoms with van der Waals surface area (Å²) in [6.45, 7) is 5.08. The van der Waals surface area contributed by atoms with E-state index in [2.05, 4.69) is 10.2 Å². The molecule has 1 aliphatic heterocycles. The zero-order chi connectivity index (χ0) is 18.2. The molecule has 0 radical (unpaired) electrons. The molecule has 6 nitrogen and oxygen atoms in total. The number of likely N-dealkylation sites (N-methyl/N-ethyl adjacent to an activating group) is 1. The van der Waals surface area contributed by atoms with Crippen molar-refractivity contribution in [2.75, 3.05) is 38.0 Å². The van der Waals surface area contributed by atoms with Gasteiger partial charge in [-0.15, -0.1) is 0 Å². The first kappa shape index (κ1) is 19.3. The number of hydrogen-bond acceptors (Lipinski definition) is 4. The first-order valence-electron chi connectivity index (χ1n) is 8.72. The van der Waals surface area contributed by atoms with Crippen molar-refractivity contribution in [3.63, 3.8) is 0 Å². The van der Waals surface area contributed by atoms with Crippen LogP contribution in [0.2, 0.25) is 0 Å². The third-order valence-electron chi connectivity index (χ3n) is 4.62. The summed E-state index contributed by atoms with van der Waals surface area (Å²) in [4.78, 5) is 27.1. The van der Waals surface area contributed by atoms with E-state index in [1.807, 2.05) is 11.8 Å². The molecule has 1 aromatic carbocycles. The van der Waals surface area contributed by atoms with Gasteiger partial charge in [0.1, 0.15) is 5.82 Å². The molecule has 0 bridgehead atoms. The van der Waals surface area contributed by atoms with Crippen LogP contribution < -0.4 is 5.32 Å². The zero-order valence-electron chi connectivity index (χ0n) is 14.6. The summed E-state index contributed by atoms with van der Waals surface area (Å²) in [6, 6.07) is 6.40. The second kappa shape index (κ2) is 9.48. The fourth-order valence-corrected chi connectivity index (χ4v) is 3.22. The molecule has 0 aliphatic carbocycles. The number of carboxylic acids is 1. The van der Waals surface area contributed by atoms with Crippen LogP contribution in [0.4, 0.5) is 10.1 Å². The van der Waals surface area contributed by atoms with Crippen LogP contribution in [0.25, 0.3) is 0 Å². The van der Waals surface area contributed by atoms with Crippen molar-refractivity contribution in [2.45, 2.75) is 32.2 Å². The Morgan fingerprint density at radius 2 is 2.00 bits per heavy atom. The minimum Gasteiger partial charge on any atom is -0.480 e. The van der Waals surface area contributed by atoms with Crippen LogP contribution in [0, 0.1) is 5.82 Å². The Balaban J connectivity index is 1.72. The van der Waals surface area contributed by atoms with E-state index < -0.39 is 11.8 Å². The molecule has 1 amide bonds. The number of carbonyl (C=O) groups excluding carboxylic acids is 1. The normalized spacial score (nSPS) is 16.1. The topological polar surface area (TPSA) is 72.9 Å². The van der Waals surface area contributed by atoms with E-state index >= 15 is 0 Å². The highest BCUT2D eigenvalue weighted by Gasteiger charge is 2.25. The number of piperidine rings is 1. The Labute approximate surface area is 147 Å². The van der Waals surface area contributed by atoms with Gasteiger partial charge >= 0.3 is 5.97 Å². The van der Waals surface area contributed by atoms with Crippen molar-refractivity contribution >= 4 is 17.6 Å². The van der Waals surface area contributed by atoms with Gasteiger partial charge in [0.2, 0.25) is 5.91 Å². The maximum absolute atomic E-state index is 13.5. The molecule has 0 atom stereocenters. The number of carboxylic acid groups (broad SMARTS) is 1. The Morgan fingerprint density at radius 1 is 1.32 bits per heavy atom. The van der Waals surface area contributed by atoms with Crippen molar-refractivity contribution in [3.05, 3.63) is 30.1 Å². The summed E-state index contributed by atoms with van der Waals surface area (Å²) < 4.78 is 13.5. The third-order valence-corrected chi connectivity index (χ3v) is 4.62. The summed E-state index contributed by atoms with van der Waals surface area (Å²) in [5, 5.41) is 11.6. The fraction of sp³-hybridized carbons (Fsp3) is 0.556. The predicted molar refractivity (Wildman–Crippen MR) is 94.0 cm³/mol. The predicted octanol–water partition coefficient (Wildman–Crippen LogP) is 2.03. The van der Waals surface area contributed by atoms with Crippen molar-refractivity contribution in [3.8, 4) is 0 Å². The standard InChI is InChI=1S/C18H26FN3O3/c1-2-22(13-18(24)25)14-7-10-21(11-8-14)12-9-17(23)20-16-6-4-3-5-15(16)19/h3-6,14H,2,7-13H2,1H3,(H,20,23)(H,24,25). The molecule has 0 spiro atoms. The molecule has 0 aromatic heterocycles. The maximum atomic E-state index is 13.5. The number of anilines is 1. The number of aliphatic carboxylic acids is 1. The second-order valence-corrected chi connectivity index (χ2v) is 6.31. The summed E-state index contributed by atoms with van der Waals surface area (Å²) in [5.74, 6) is -1.43. The lowest BCUT2D eigenvalue weighted by Gasteiger charge is -2.37. The molecule has 7 heteroatoms. The fourth-order valence-electron chi connectivity index (χ4n) is 3.22. The molecule has 1 fully saturated rings. The molecule has 2 rings (SSSR count). The molecule has 1 heterocycles. The van der Waals surface area contributed by atoms with Gasteiger partial charge < -0.3 is 15.3 Å². The van der Waals surface area contributed by atoms with Crippen molar-refractivity contribution in [2.24, 2.45) is 0 Å². The number of amides is 1. The van der Waals surface area contributed by atoms with E-state index in [1.165, 1.54) is 6.07 Å². The molecule has 1 aliphatic rings. The van der Waals surface area contributed by atoms with Crippen molar-refractivity contribution in [1.29, 1.82) is 0 Å². The number of para-hydroxylation sites is 1. The average molecular weight is 351 g/mol. The van der Waals surface area contributed by atoms with Gasteiger partial charge in [-0.05, 0) is 44.6 Å². The van der Waals surface area contributed by atoms with Crippen molar-refractivity contribution in [1.82, 2.24) is 9.80 Å². The van der Waals surface area contributed by atoms with E-state index in [-0.39, 0.29) is 24.2 Å². The minimum atomic E-state index is -0.797. The van der Waals surface area contributed by atoms with Gasteiger partial charge in [-0.2, -0.15) is 0 Å². The quantitative estimate of drug-likeness (QED) is 0.750. The van der Waals surface area contributed by atoms with Crippen LogP contribution in [-0.4, -0.2) is 65.5 Å². The van der Waals surface area contributed by atoms with E-state index in [9.17, 15) is 14.0 Å². The molecule has 1 saturated heterocycles. The Kier molecular flexibility index (Phi) is 7.33. The Bertz CT molecular complexity index is 589. The molecule has 138 valence electrons. The molecule has 1 aromatic rings. The van der Waals surface area contributed by atoms with Crippen molar-refractivity contribution < 1.29 is 19.1 Å². The average Bonchev–Trinajstić information content (AvgIpc) is 2.60. The SMILES string of the molecule is CCN(CC(=O)O)C1CCN(CCC(=O)Nc2ccccc2F)CC1. The van der Waals surface area contributed by atoms with Crippen LogP contribution in [0.3, 0.4) is 0 Å². The summed E-state index contributed by atoms with van der Waals surface area (Å²) in [5.41, 5.74) is 0.207. The molecular weight excluding hydrogens is 325 g/mol. The largest absolute Gasteiger partial charge is 0.480 e. The number of hydrogen-bond donors (Lipinski definition) is 2. The number of halogens is 1.